The van der Waals surface area contributed by atoms with Gasteiger partial charge in [0.2, 0.25) is 0 Å². The summed E-state index contributed by atoms with van der Waals surface area (Å²) in [4.78, 5) is 11.8. The van der Waals surface area contributed by atoms with Crippen LogP contribution < -0.4 is 0 Å². The second-order valence-electron chi connectivity index (χ2n) is 13.9. The Kier molecular flexibility index (Phi) is 8.77. The van der Waals surface area contributed by atoms with Gasteiger partial charge in [-0.2, -0.15) is 0 Å². The number of benzene rings is 2. The molecule has 2 aromatic carbocycles. The van der Waals surface area contributed by atoms with E-state index >= 15 is 0 Å². The van der Waals surface area contributed by atoms with Gasteiger partial charge in [-0.05, 0) is 138 Å². The standard InChI is InChI=1S/C20H30O2.C18H20O2/c1-12-10-17(22)20(3)9-7-16-15(18(12)20)5-4-13-11-14(21)6-8-19(13,16)2;1-3-17(13-5-9-15(19)10-6-13)18(4-2)14-7-11-16(20)12-8-14/h11-12,15-18,22H,4-10H2,1-3H3;5-12,19-20H,3-4H2,1-2H3/b;18-17+/t12?,15-,16+,17+,18+,19+,20-;/m1./s1. The molecule has 3 N–H and O–H groups in total. The van der Waals surface area contributed by atoms with Crippen LogP contribution in [0.4, 0.5) is 0 Å². The van der Waals surface area contributed by atoms with Crippen LogP contribution in [0.15, 0.2) is 60.2 Å². The van der Waals surface area contributed by atoms with Gasteiger partial charge in [-0.1, -0.05) is 64.5 Å². The van der Waals surface area contributed by atoms with Crippen molar-refractivity contribution in [2.24, 2.45) is 34.5 Å². The highest BCUT2D eigenvalue weighted by atomic mass is 16.3. The predicted octanol–water partition coefficient (Wildman–Crippen LogP) is 8.95. The van der Waals surface area contributed by atoms with E-state index in [0.29, 0.717) is 17.6 Å². The van der Waals surface area contributed by atoms with Crippen molar-refractivity contribution in [3.63, 3.8) is 0 Å². The molecule has 0 heterocycles. The second-order valence-corrected chi connectivity index (χ2v) is 13.9. The molecule has 2 aromatic rings. The van der Waals surface area contributed by atoms with Crippen molar-refractivity contribution in [1.29, 1.82) is 0 Å². The summed E-state index contributed by atoms with van der Waals surface area (Å²) in [5, 5.41) is 29.4. The first kappa shape index (κ1) is 30.6. The minimum absolute atomic E-state index is 0.105. The van der Waals surface area contributed by atoms with Crippen LogP contribution in [0, 0.1) is 34.5 Å². The zero-order valence-electron chi connectivity index (χ0n) is 26.2. The lowest BCUT2D eigenvalue weighted by molar-refractivity contribution is -0.118. The van der Waals surface area contributed by atoms with Gasteiger partial charge in [0.1, 0.15) is 11.5 Å². The Hall–Kier alpha value is -2.85. The summed E-state index contributed by atoms with van der Waals surface area (Å²) in [5.41, 5.74) is 6.66. The summed E-state index contributed by atoms with van der Waals surface area (Å²) in [6, 6.07) is 14.7. The molecule has 0 spiro atoms. The Morgan fingerprint density at radius 2 is 1.38 bits per heavy atom. The SMILES string of the molecule is CC/C(=C(/CC)c1ccc(O)cc1)c1ccc(O)cc1.CC1C[C@H](O)[C@@]2(C)CC[C@H]3[C@@H](CCC4=CC(=O)CC[C@@]43C)[C@H]12. The molecule has 3 saturated carbocycles. The van der Waals surface area contributed by atoms with E-state index in [1.54, 1.807) is 24.3 Å². The van der Waals surface area contributed by atoms with E-state index in [0.717, 1.165) is 61.5 Å². The Labute approximate surface area is 252 Å². The molecule has 4 aliphatic carbocycles. The Bertz CT molecular complexity index is 1280. The van der Waals surface area contributed by atoms with Crippen molar-refractivity contribution in [2.45, 2.75) is 98.5 Å². The number of phenolic OH excluding ortho intramolecular Hbond substituents is 2. The largest absolute Gasteiger partial charge is 0.508 e. The van der Waals surface area contributed by atoms with Crippen LogP contribution in [0.3, 0.4) is 0 Å². The van der Waals surface area contributed by atoms with Gasteiger partial charge < -0.3 is 15.3 Å². The number of aliphatic hydroxyl groups excluding tert-OH is 1. The van der Waals surface area contributed by atoms with Gasteiger partial charge in [0.25, 0.3) is 0 Å². The number of aliphatic hydroxyl groups is 1. The van der Waals surface area contributed by atoms with E-state index < -0.39 is 0 Å². The van der Waals surface area contributed by atoms with Gasteiger partial charge in [-0.25, -0.2) is 0 Å². The molecule has 0 aromatic heterocycles. The van der Waals surface area contributed by atoms with Crippen molar-refractivity contribution >= 4 is 16.9 Å². The van der Waals surface area contributed by atoms with E-state index in [-0.39, 0.29) is 28.4 Å². The van der Waals surface area contributed by atoms with Crippen molar-refractivity contribution in [3.05, 3.63) is 71.3 Å². The molecule has 0 amide bonds. The third kappa shape index (κ3) is 5.48. The van der Waals surface area contributed by atoms with Crippen molar-refractivity contribution < 1.29 is 20.1 Å². The fraction of sp³-hybridized carbons (Fsp3) is 0.553. The number of ketones is 1. The van der Waals surface area contributed by atoms with Crippen molar-refractivity contribution in [2.75, 3.05) is 0 Å². The maximum absolute atomic E-state index is 11.8. The lowest BCUT2D eigenvalue weighted by atomic mass is 9.46. The molecule has 4 aliphatic rings. The average molecular weight is 571 g/mol. The molecular weight excluding hydrogens is 520 g/mol. The highest BCUT2D eigenvalue weighted by molar-refractivity contribution is 5.92. The van der Waals surface area contributed by atoms with Crippen molar-refractivity contribution in [3.8, 4) is 11.5 Å². The third-order valence-corrected chi connectivity index (χ3v) is 11.7. The van der Waals surface area contributed by atoms with Crippen LogP contribution in [-0.2, 0) is 4.79 Å². The Morgan fingerprint density at radius 3 is 1.90 bits per heavy atom. The highest BCUT2D eigenvalue weighted by Gasteiger charge is 2.60. The zero-order valence-corrected chi connectivity index (χ0v) is 26.2. The number of hydrogen-bond acceptors (Lipinski definition) is 4. The molecule has 0 saturated heterocycles. The first-order chi connectivity index (χ1) is 20.0. The summed E-state index contributed by atoms with van der Waals surface area (Å²) in [6.45, 7) is 11.4. The number of allylic oxidation sites excluding steroid dienone is 3. The van der Waals surface area contributed by atoms with Crippen molar-refractivity contribution in [1.82, 2.24) is 0 Å². The monoisotopic (exact) mass is 570 g/mol. The molecule has 1 unspecified atom stereocenters. The number of phenols is 2. The van der Waals surface area contributed by atoms with E-state index in [2.05, 4.69) is 34.6 Å². The van der Waals surface area contributed by atoms with Gasteiger partial charge in [-0.3, -0.25) is 4.79 Å². The van der Waals surface area contributed by atoms with Gasteiger partial charge in [0.05, 0.1) is 6.10 Å². The molecule has 6 rings (SSSR count). The molecule has 3 fully saturated rings. The van der Waals surface area contributed by atoms with Gasteiger partial charge >= 0.3 is 0 Å². The molecule has 0 aliphatic heterocycles. The Balaban J connectivity index is 0.000000169. The molecule has 7 atom stereocenters. The fourth-order valence-electron chi connectivity index (χ4n) is 9.57. The number of carbonyl (C=O) groups is 1. The maximum atomic E-state index is 11.8. The number of carbonyl (C=O) groups excluding carboxylic acids is 1. The minimum Gasteiger partial charge on any atom is -0.508 e. The van der Waals surface area contributed by atoms with Gasteiger partial charge in [-0.15, -0.1) is 0 Å². The van der Waals surface area contributed by atoms with Gasteiger partial charge in [0.15, 0.2) is 5.78 Å². The molecule has 0 bridgehead atoms. The lowest BCUT2D eigenvalue weighted by Gasteiger charge is -2.58. The smallest absolute Gasteiger partial charge is 0.155 e. The third-order valence-electron chi connectivity index (χ3n) is 11.7. The molecule has 4 heteroatoms. The molecular formula is C38H50O4. The van der Waals surface area contributed by atoms with Gasteiger partial charge in [0, 0.05) is 6.42 Å². The summed E-state index contributed by atoms with van der Waals surface area (Å²) < 4.78 is 0. The number of fused-ring (bicyclic) bond motifs is 5. The van der Waals surface area contributed by atoms with E-state index in [9.17, 15) is 20.1 Å². The van der Waals surface area contributed by atoms with E-state index in [1.165, 1.54) is 36.0 Å². The van der Waals surface area contributed by atoms with E-state index in [4.69, 9.17) is 0 Å². The maximum Gasteiger partial charge on any atom is 0.155 e. The quantitative estimate of drug-likeness (QED) is 0.321. The summed E-state index contributed by atoms with van der Waals surface area (Å²) in [7, 11) is 0. The van der Waals surface area contributed by atoms with Crippen LogP contribution in [0.1, 0.15) is 104 Å². The average Bonchev–Trinajstić information content (AvgIpc) is 3.21. The normalized spacial score (nSPS) is 34.2. The summed E-state index contributed by atoms with van der Waals surface area (Å²) in [6.07, 6.45) is 11.3. The first-order valence-electron chi connectivity index (χ1n) is 16.2. The topological polar surface area (TPSA) is 77.8 Å². The number of aromatic hydroxyl groups is 2. The fourth-order valence-corrected chi connectivity index (χ4v) is 9.57. The van der Waals surface area contributed by atoms with Crippen LogP contribution >= 0.6 is 0 Å². The second kappa shape index (κ2) is 12.0. The Morgan fingerprint density at radius 1 is 0.833 bits per heavy atom. The lowest BCUT2D eigenvalue weighted by Crippen LogP contribution is -2.52. The summed E-state index contributed by atoms with van der Waals surface area (Å²) in [5.74, 6) is 3.71. The van der Waals surface area contributed by atoms with Crippen LogP contribution in [0.5, 0.6) is 11.5 Å². The molecule has 42 heavy (non-hydrogen) atoms. The van der Waals surface area contributed by atoms with Crippen LogP contribution in [0.2, 0.25) is 0 Å². The van der Waals surface area contributed by atoms with E-state index in [1.807, 2.05) is 30.3 Å². The van der Waals surface area contributed by atoms with Crippen LogP contribution in [-0.4, -0.2) is 27.2 Å². The number of hydrogen-bond donors (Lipinski definition) is 3. The molecule has 4 nitrogen and oxygen atoms in total. The summed E-state index contributed by atoms with van der Waals surface area (Å²) >= 11 is 0. The van der Waals surface area contributed by atoms with Crippen LogP contribution in [0.25, 0.3) is 11.1 Å². The first-order valence-corrected chi connectivity index (χ1v) is 16.2. The highest BCUT2D eigenvalue weighted by Crippen LogP contribution is 2.66. The number of rotatable bonds is 4. The zero-order chi connectivity index (χ0) is 30.2. The molecule has 226 valence electrons. The molecule has 0 radical (unpaired) electrons. The minimum atomic E-state index is -0.105. The predicted molar refractivity (Wildman–Crippen MR) is 171 cm³/mol.